The number of carbonyl (C=O) groups is 1. The first-order chi connectivity index (χ1) is 11.4. The Labute approximate surface area is 149 Å². The van der Waals surface area contributed by atoms with E-state index in [4.69, 9.17) is 9.26 Å². The van der Waals surface area contributed by atoms with E-state index in [9.17, 15) is 4.79 Å². The largest absolute Gasteiger partial charge is 0.482 e. The number of nitrogens with zero attached hydrogens (tertiary/aromatic N) is 2. The van der Waals surface area contributed by atoms with Crippen LogP contribution in [0.2, 0.25) is 0 Å². The highest BCUT2D eigenvalue weighted by molar-refractivity contribution is 9.10. The lowest BCUT2D eigenvalue weighted by atomic mass is 10.0. The van der Waals surface area contributed by atoms with Crippen LogP contribution in [0.1, 0.15) is 51.4 Å². The topological polar surface area (TPSA) is 77.2 Å². The molecule has 1 N–H and O–H groups in total. The summed E-state index contributed by atoms with van der Waals surface area (Å²) in [6, 6.07) is 7.62. The van der Waals surface area contributed by atoms with Crippen molar-refractivity contribution in [3.63, 3.8) is 0 Å². The number of aromatic nitrogens is 2. The first kappa shape index (κ1) is 17.0. The Morgan fingerprint density at radius 1 is 1.33 bits per heavy atom. The van der Waals surface area contributed by atoms with Gasteiger partial charge in [0, 0.05) is 10.9 Å². The van der Waals surface area contributed by atoms with Gasteiger partial charge in [0.2, 0.25) is 11.7 Å². The molecule has 1 unspecified atom stereocenters. The van der Waals surface area contributed by atoms with E-state index in [0.29, 0.717) is 24.6 Å². The van der Waals surface area contributed by atoms with E-state index in [-0.39, 0.29) is 17.9 Å². The van der Waals surface area contributed by atoms with Gasteiger partial charge in [-0.25, -0.2) is 0 Å². The zero-order valence-corrected chi connectivity index (χ0v) is 15.5. The molecule has 1 amide bonds. The maximum absolute atomic E-state index is 11.5. The standard InChI is InChI=1S/C17H20BrN3O3/c1-10(2)14(23-12-6-4-11(18)5-7-12)15-19-16(24-21-15)17(3)9-8-13(22)20-17/h4-7,10,14H,8-9H2,1-3H3,(H,20,22)/t14?,17-/m0/s1. The van der Waals surface area contributed by atoms with Crippen LogP contribution in [-0.4, -0.2) is 16.0 Å². The predicted molar refractivity (Wildman–Crippen MR) is 91.4 cm³/mol. The molecule has 2 atom stereocenters. The third-order valence-corrected chi connectivity index (χ3v) is 4.65. The lowest BCUT2D eigenvalue weighted by Gasteiger charge is -2.20. The summed E-state index contributed by atoms with van der Waals surface area (Å²) in [6.07, 6.45) is 0.786. The van der Waals surface area contributed by atoms with Gasteiger partial charge in [-0.2, -0.15) is 4.98 Å². The molecule has 1 aliphatic heterocycles. The fourth-order valence-electron chi connectivity index (χ4n) is 2.68. The van der Waals surface area contributed by atoms with Crippen LogP contribution in [0.4, 0.5) is 0 Å². The number of halogens is 1. The lowest BCUT2D eigenvalue weighted by Crippen LogP contribution is -2.36. The predicted octanol–water partition coefficient (Wildman–Crippen LogP) is 3.73. The number of amides is 1. The summed E-state index contributed by atoms with van der Waals surface area (Å²) in [7, 11) is 0. The van der Waals surface area contributed by atoms with Gasteiger partial charge in [0.15, 0.2) is 6.10 Å². The molecule has 0 bridgehead atoms. The van der Waals surface area contributed by atoms with Gasteiger partial charge in [0.05, 0.1) is 0 Å². The second-order valence-electron chi connectivity index (χ2n) is 6.57. The van der Waals surface area contributed by atoms with Crippen molar-refractivity contribution in [2.75, 3.05) is 0 Å². The van der Waals surface area contributed by atoms with Crippen LogP contribution in [0, 0.1) is 5.92 Å². The van der Waals surface area contributed by atoms with Gasteiger partial charge in [-0.15, -0.1) is 0 Å². The summed E-state index contributed by atoms with van der Waals surface area (Å²) in [5.41, 5.74) is -0.596. The van der Waals surface area contributed by atoms with Crippen LogP contribution in [0.5, 0.6) is 5.75 Å². The zero-order chi connectivity index (χ0) is 17.3. The molecule has 6 nitrogen and oxygen atoms in total. The van der Waals surface area contributed by atoms with E-state index in [1.165, 1.54) is 0 Å². The summed E-state index contributed by atoms with van der Waals surface area (Å²) in [4.78, 5) is 16.0. The Balaban J connectivity index is 1.82. The fraction of sp³-hybridized carbons (Fsp3) is 0.471. The van der Waals surface area contributed by atoms with Crippen LogP contribution >= 0.6 is 15.9 Å². The van der Waals surface area contributed by atoms with Crippen LogP contribution in [-0.2, 0) is 10.3 Å². The molecule has 0 spiro atoms. The molecule has 7 heteroatoms. The van der Waals surface area contributed by atoms with E-state index < -0.39 is 5.54 Å². The minimum Gasteiger partial charge on any atom is -0.482 e. The highest BCUT2D eigenvalue weighted by Crippen LogP contribution is 2.32. The van der Waals surface area contributed by atoms with Crippen molar-refractivity contribution in [1.82, 2.24) is 15.5 Å². The third kappa shape index (κ3) is 3.45. The van der Waals surface area contributed by atoms with Gasteiger partial charge in [0.1, 0.15) is 11.3 Å². The number of carbonyl (C=O) groups excluding carboxylic acids is 1. The lowest BCUT2D eigenvalue weighted by molar-refractivity contribution is -0.119. The number of nitrogens with one attached hydrogen (secondary N) is 1. The van der Waals surface area contributed by atoms with Gasteiger partial charge in [0.25, 0.3) is 5.89 Å². The van der Waals surface area contributed by atoms with Gasteiger partial charge >= 0.3 is 0 Å². The summed E-state index contributed by atoms with van der Waals surface area (Å²) >= 11 is 3.41. The molecule has 0 aliphatic carbocycles. The molecule has 3 rings (SSSR count). The molecule has 2 aromatic rings. The van der Waals surface area contributed by atoms with E-state index in [1.54, 1.807) is 0 Å². The molecule has 0 saturated carbocycles. The van der Waals surface area contributed by atoms with Crippen molar-refractivity contribution in [2.45, 2.75) is 45.3 Å². The van der Waals surface area contributed by atoms with Crippen LogP contribution in [0.25, 0.3) is 0 Å². The average Bonchev–Trinajstić information content (AvgIpc) is 3.14. The Hall–Kier alpha value is -1.89. The zero-order valence-electron chi connectivity index (χ0n) is 13.9. The number of hydrogen-bond donors (Lipinski definition) is 1. The van der Waals surface area contributed by atoms with Gasteiger partial charge in [-0.05, 0) is 43.5 Å². The highest BCUT2D eigenvalue weighted by atomic mass is 79.9. The molecular formula is C17H20BrN3O3. The second-order valence-corrected chi connectivity index (χ2v) is 7.49. The molecule has 1 fully saturated rings. The van der Waals surface area contributed by atoms with E-state index in [1.807, 2.05) is 45.0 Å². The van der Waals surface area contributed by atoms with Crippen LogP contribution in [0.15, 0.2) is 33.3 Å². The number of ether oxygens (including phenoxy) is 1. The molecule has 1 aromatic heterocycles. The van der Waals surface area contributed by atoms with E-state index in [0.717, 1.165) is 10.2 Å². The van der Waals surface area contributed by atoms with Crippen LogP contribution < -0.4 is 10.1 Å². The molecule has 128 valence electrons. The molecule has 0 radical (unpaired) electrons. The first-order valence-corrected chi connectivity index (χ1v) is 8.74. The maximum Gasteiger partial charge on any atom is 0.252 e. The van der Waals surface area contributed by atoms with Crippen molar-refractivity contribution in [3.8, 4) is 5.75 Å². The summed E-state index contributed by atoms with van der Waals surface area (Å²) < 4.78 is 12.5. The van der Waals surface area contributed by atoms with Gasteiger partial charge in [-0.1, -0.05) is 34.9 Å². The Morgan fingerprint density at radius 2 is 2.04 bits per heavy atom. The van der Waals surface area contributed by atoms with Crippen molar-refractivity contribution < 1.29 is 14.1 Å². The summed E-state index contributed by atoms with van der Waals surface area (Å²) in [5.74, 6) is 1.82. The highest BCUT2D eigenvalue weighted by Gasteiger charge is 2.40. The van der Waals surface area contributed by atoms with Crippen molar-refractivity contribution >= 4 is 21.8 Å². The molecule has 1 aliphatic rings. The number of benzene rings is 1. The monoisotopic (exact) mass is 393 g/mol. The Bertz CT molecular complexity index is 729. The van der Waals surface area contributed by atoms with Gasteiger partial charge < -0.3 is 14.6 Å². The van der Waals surface area contributed by atoms with E-state index >= 15 is 0 Å². The molecule has 2 heterocycles. The quantitative estimate of drug-likeness (QED) is 0.836. The summed E-state index contributed by atoms with van der Waals surface area (Å²) in [6.45, 7) is 5.98. The normalized spacial score (nSPS) is 21.8. The number of hydrogen-bond acceptors (Lipinski definition) is 5. The summed E-state index contributed by atoms with van der Waals surface area (Å²) in [5, 5.41) is 7.00. The first-order valence-electron chi connectivity index (χ1n) is 7.95. The third-order valence-electron chi connectivity index (χ3n) is 4.12. The van der Waals surface area contributed by atoms with E-state index in [2.05, 4.69) is 31.4 Å². The molecule has 1 aromatic carbocycles. The smallest absolute Gasteiger partial charge is 0.252 e. The Morgan fingerprint density at radius 3 is 2.62 bits per heavy atom. The van der Waals surface area contributed by atoms with Crippen LogP contribution in [0.3, 0.4) is 0 Å². The average molecular weight is 394 g/mol. The molecular weight excluding hydrogens is 374 g/mol. The minimum atomic E-state index is -0.596. The van der Waals surface area contributed by atoms with Crippen molar-refractivity contribution in [3.05, 3.63) is 40.5 Å². The molecule has 1 saturated heterocycles. The molecule has 24 heavy (non-hydrogen) atoms. The van der Waals surface area contributed by atoms with Crippen molar-refractivity contribution in [1.29, 1.82) is 0 Å². The fourth-order valence-corrected chi connectivity index (χ4v) is 2.94. The maximum atomic E-state index is 11.5. The SMILES string of the molecule is CC(C)C(Oc1ccc(Br)cc1)c1noc([C@]2(C)CCC(=O)N2)n1. The number of rotatable bonds is 5. The second kappa shape index (κ2) is 6.55. The van der Waals surface area contributed by atoms with Gasteiger partial charge in [-0.3, -0.25) is 4.79 Å². The van der Waals surface area contributed by atoms with Crippen molar-refractivity contribution in [2.24, 2.45) is 5.92 Å². The minimum absolute atomic E-state index is 0.00349. The Kier molecular flexibility index (Phi) is 4.62.